The highest BCUT2D eigenvalue weighted by Gasteiger charge is 2.31. The molecule has 37 heavy (non-hydrogen) atoms. The number of carbonyl (C=O) groups is 4. The van der Waals surface area contributed by atoms with E-state index in [1.54, 1.807) is 24.1 Å². The van der Waals surface area contributed by atoms with Gasteiger partial charge in [0.15, 0.2) is 0 Å². The lowest BCUT2D eigenvalue weighted by Crippen LogP contribution is -2.54. The number of hydroxylamine groups is 2. The molecule has 10 nitrogen and oxygen atoms in total. The van der Waals surface area contributed by atoms with Crippen molar-refractivity contribution in [2.24, 2.45) is 5.92 Å². The van der Waals surface area contributed by atoms with Gasteiger partial charge < -0.3 is 20.6 Å². The van der Waals surface area contributed by atoms with Gasteiger partial charge in [-0.15, -0.1) is 0 Å². The highest BCUT2D eigenvalue weighted by Crippen LogP contribution is 2.27. The SMILES string of the molecule is CON(C)C(=O)[C@H](CCC(=O)N(C)CCc1ccc(Cl)cc1)NC(=O)[C@H](CC1CCCCC1)NC(=O)O. The normalized spacial score (nSPS) is 15.4. The van der Waals surface area contributed by atoms with Crippen molar-refractivity contribution in [3.63, 3.8) is 0 Å². The summed E-state index contributed by atoms with van der Waals surface area (Å²) in [5.74, 6) is -1.05. The number of hydrogen-bond donors (Lipinski definition) is 3. The third-order valence-electron chi connectivity index (χ3n) is 6.83. The van der Waals surface area contributed by atoms with Gasteiger partial charge in [0.2, 0.25) is 11.8 Å². The largest absolute Gasteiger partial charge is 0.465 e. The van der Waals surface area contributed by atoms with E-state index in [2.05, 4.69) is 10.6 Å². The number of nitrogens with zero attached hydrogens (tertiary/aromatic N) is 2. The van der Waals surface area contributed by atoms with E-state index in [4.69, 9.17) is 16.4 Å². The molecule has 1 aliphatic rings. The molecular weight excluding hydrogens is 500 g/mol. The topological polar surface area (TPSA) is 128 Å². The Hall–Kier alpha value is -2.85. The molecule has 206 valence electrons. The zero-order chi connectivity index (χ0) is 27.4. The van der Waals surface area contributed by atoms with E-state index in [1.807, 2.05) is 12.1 Å². The number of halogens is 1. The van der Waals surface area contributed by atoms with E-state index < -0.39 is 30.0 Å². The lowest BCUT2D eigenvalue weighted by molar-refractivity contribution is -0.172. The molecule has 0 radical (unpaired) electrons. The minimum absolute atomic E-state index is 0.0189. The molecule has 1 aromatic rings. The summed E-state index contributed by atoms with van der Waals surface area (Å²) in [7, 11) is 4.42. The molecule has 1 aliphatic carbocycles. The summed E-state index contributed by atoms with van der Waals surface area (Å²) in [5, 5.41) is 15.9. The van der Waals surface area contributed by atoms with Crippen molar-refractivity contribution in [2.75, 3.05) is 27.7 Å². The Labute approximate surface area is 223 Å². The quantitative estimate of drug-likeness (QED) is 0.331. The molecule has 2 rings (SSSR count). The third-order valence-corrected chi connectivity index (χ3v) is 7.08. The summed E-state index contributed by atoms with van der Waals surface area (Å²) >= 11 is 5.92. The predicted molar refractivity (Wildman–Crippen MR) is 140 cm³/mol. The second-order valence-corrected chi connectivity index (χ2v) is 9.99. The number of hydrogen-bond acceptors (Lipinski definition) is 5. The van der Waals surface area contributed by atoms with E-state index in [9.17, 15) is 24.3 Å². The smallest absolute Gasteiger partial charge is 0.405 e. The lowest BCUT2D eigenvalue weighted by Gasteiger charge is -2.28. The Morgan fingerprint density at radius 2 is 1.70 bits per heavy atom. The van der Waals surface area contributed by atoms with Crippen LogP contribution in [0.1, 0.15) is 56.9 Å². The molecule has 0 heterocycles. The van der Waals surface area contributed by atoms with Gasteiger partial charge in [0, 0.05) is 32.1 Å². The number of carboxylic acid groups (broad SMARTS) is 1. The van der Waals surface area contributed by atoms with Gasteiger partial charge in [-0.3, -0.25) is 19.2 Å². The maximum absolute atomic E-state index is 13.1. The van der Waals surface area contributed by atoms with Gasteiger partial charge in [0.1, 0.15) is 12.1 Å². The van der Waals surface area contributed by atoms with Gasteiger partial charge in [-0.1, -0.05) is 55.8 Å². The van der Waals surface area contributed by atoms with Crippen LogP contribution in [0.5, 0.6) is 0 Å². The maximum Gasteiger partial charge on any atom is 0.405 e. The first-order valence-corrected chi connectivity index (χ1v) is 13.1. The Bertz CT molecular complexity index is 907. The molecule has 0 aliphatic heterocycles. The van der Waals surface area contributed by atoms with Crippen molar-refractivity contribution >= 4 is 35.4 Å². The van der Waals surface area contributed by atoms with Gasteiger partial charge in [-0.2, -0.15) is 0 Å². The standard InChI is InChI=1S/C26H39ClN4O6/c1-30(16-15-18-9-11-20(27)12-10-18)23(32)14-13-21(25(34)31(2)37-3)28-24(33)22(29-26(35)36)17-19-7-5-4-6-8-19/h9-12,19,21-22,29H,4-8,13-17H2,1-3H3,(H,28,33)(H,35,36)/t21-,22-/m0/s1. The Kier molecular flexibility index (Phi) is 12.7. The van der Waals surface area contributed by atoms with Crippen molar-refractivity contribution in [3.8, 4) is 0 Å². The van der Waals surface area contributed by atoms with Crippen LogP contribution in [0.4, 0.5) is 4.79 Å². The maximum atomic E-state index is 13.1. The van der Waals surface area contributed by atoms with Crippen LogP contribution in [0.25, 0.3) is 0 Å². The minimum Gasteiger partial charge on any atom is -0.465 e. The highest BCUT2D eigenvalue weighted by molar-refractivity contribution is 6.30. The predicted octanol–water partition coefficient (Wildman–Crippen LogP) is 3.23. The van der Waals surface area contributed by atoms with Gasteiger partial charge in [0.25, 0.3) is 5.91 Å². The second-order valence-electron chi connectivity index (χ2n) is 9.55. The highest BCUT2D eigenvalue weighted by atomic mass is 35.5. The van der Waals surface area contributed by atoms with Gasteiger partial charge in [0.05, 0.1) is 7.11 Å². The van der Waals surface area contributed by atoms with Crippen LogP contribution in [0.2, 0.25) is 5.02 Å². The monoisotopic (exact) mass is 538 g/mol. The van der Waals surface area contributed by atoms with Crippen LogP contribution in [0, 0.1) is 5.92 Å². The van der Waals surface area contributed by atoms with Crippen LogP contribution in [-0.4, -0.2) is 78.7 Å². The third kappa shape index (κ3) is 10.6. The van der Waals surface area contributed by atoms with Gasteiger partial charge in [-0.05, 0) is 42.9 Å². The fourth-order valence-corrected chi connectivity index (χ4v) is 4.63. The zero-order valence-corrected chi connectivity index (χ0v) is 22.6. The van der Waals surface area contributed by atoms with Crippen LogP contribution < -0.4 is 10.6 Å². The molecule has 0 aromatic heterocycles. The number of benzene rings is 1. The van der Waals surface area contributed by atoms with Crippen LogP contribution >= 0.6 is 11.6 Å². The average Bonchev–Trinajstić information content (AvgIpc) is 2.89. The molecule has 0 bridgehead atoms. The number of rotatable bonds is 13. The van der Waals surface area contributed by atoms with Gasteiger partial charge in [-0.25, -0.2) is 9.86 Å². The molecule has 1 fully saturated rings. The summed E-state index contributed by atoms with van der Waals surface area (Å²) in [5.41, 5.74) is 1.04. The van der Waals surface area contributed by atoms with E-state index in [-0.39, 0.29) is 24.7 Å². The summed E-state index contributed by atoms with van der Waals surface area (Å²) in [6, 6.07) is 5.37. The fourth-order valence-electron chi connectivity index (χ4n) is 4.51. The first-order chi connectivity index (χ1) is 17.6. The molecule has 0 unspecified atom stereocenters. The minimum atomic E-state index is -1.30. The Morgan fingerprint density at radius 3 is 2.30 bits per heavy atom. The van der Waals surface area contributed by atoms with Crippen molar-refractivity contribution < 1.29 is 29.1 Å². The summed E-state index contributed by atoms with van der Waals surface area (Å²) in [6.45, 7) is 0.482. The van der Waals surface area contributed by atoms with Crippen molar-refractivity contribution in [3.05, 3.63) is 34.9 Å². The number of carbonyl (C=O) groups excluding carboxylic acids is 3. The van der Waals surface area contributed by atoms with Crippen molar-refractivity contribution in [2.45, 2.75) is 69.9 Å². The molecule has 4 amide bonds. The molecule has 2 atom stereocenters. The van der Waals surface area contributed by atoms with E-state index >= 15 is 0 Å². The van der Waals surface area contributed by atoms with E-state index in [0.717, 1.165) is 42.7 Å². The molecule has 0 saturated heterocycles. The zero-order valence-electron chi connectivity index (χ0n) is 21.9. The molecule has 1 saturated carbocycles. The molecule has 0 spiro atoms. The average molecular weight is 539 g/mol. The van der Waals surface area contributed by atoms with Crippen molar-refractivity contribution in [1.82, 2.24) is 20.6 Å². The summed E-state index contributed by atoms with van der Waals surface area (Å²) in [4.78, 5) is 56.7. The first kappa shape index (κ1) is 30.4. The summed E-state index contributed by atoms with van der Waals surface area (Å²) in [6.07, 6.45) is 4.91. The summed E-state index contributed by atoms with van der Waals surface area (Å²) < 4.78 is 0. The Balaban J connectivity index is 2.00. The van der Waals surface area contributed by atoms with Crippen LogP contribution in [0.15, 0.2) is 24.3 Å². The number of nitrogens with one attached hydrogen (secondary N) is 2. The molecule has 1 aromatic carbocycles. The number of amides is 4. The lowest BCUT2D eigenvalue weighted by atomic mass is 9.84. The van der Waals surface area contributed by atoms with Crippen LogP contribution in [-0.2, 0) is 25.6 Å². The van der Waals surface area contributed by atoms with Crippen LogP contribution in [0.3, 0.4) is 0 Å². The van der Waals surface area contributed by atoms with Crippen molar-refractivity contribution in [1.29, 1.82) is 0 Å². The number of likely N-dealkylation sites (N-methyl/N-ethyl adjacent to an activating group) is 2. The first-order valence-electron chi connectivity index (χ1n) is 12.7. The molecule has 3 N–H and O–H groups in total. The van der Waals surface area contributed by atoms with E-state index in [0.29, 0.717) is 24.4 Å². The molecular formula is C26H39ClN4O6. The Morgan fingerprint density at radius 1 is 1.05 bits per heavy atom. The molecule has 11 heteroatoms. The fraction of sp³-hybridized carbons (Fsp3) is 0.615. The van der Waals surface area contributed by atoms with Gasteiger partial charge >= 0.3 is 6.09 Å². The second kappa shape index (κ2) is 15.4. The van der Waals surface area contributed by atoms with E-state index in [1.165, 1.54) is 14.2 Å².